The second kappa shape index (κ2) is 9.26. The number of likely N-dealkylation sites (tertiary alicyclic amines) is 1. The number of anilines is 1. The lowest BCUT2D eigenvalue weighted by Crippen LogP contribution is -2.30. The monoisotopic (exact) mass is 421 g/mol. The molecule has 0 saturated carbocycles. The van der Waals surface area contributed by atoms with Gasteiger partial charge in [0.1, 0.15) is 11.4 Å². The zero-order valence-corrected chi connectivity index (χ0v) is 17.7. The number of aromatic nitrogens is 2. The number of nitro groups is 1. The van der Waals surface area contributed by atoms with Gasteiger partial charge in [-0.05, 0) is 56.6 Å². The molecule has 0 unspecified atom stereocenters. The second-order valence-corrected chi connectivity index (χ2v) is 7.95. The van der Waals surface area contributed by atoms with Crippen molar-refractivity contribution in [2.45, 2.75) is 45.7 Å². The van der Waals surface area contributed by atoms with Gasteiger partial charge in [0.05, 0.1) is 22.5 Å². The van der Waals surface area contributed by atoms with Crippen molar-refractivity contribution in [3.05, 3.63) is 64.0 Å². The standard InChI is InChI=1S/C23H27N5O3/c1-2-12-27-21-11-10-17(24-23(29)18-8-4-5-9-20(18)28(30)31)15-19(21)25-22(27)16-26-13-6-3-7-14-26/h4-5,8-11,15H,2-3,6-7,12-14,16H2,1H3,(H,24,29). The minimum atomic E-state index is -0.544. The zero-order valence-electron chi connectivity index (χ0n) is 17.7. The molecule has 8 nitrogen and oxygen atoms in total. The average Bonchev–Trinajstić information content (AvgIpc) is 3.11. The molecule has 2 aromatic carbocycles. The third-order valence-corrected chi connectivity index (χ3v) is 5.69. The Morgan fingerprint density at radius 1 is 1.16 bits per heavy atom. The van der Waals surface area contributed by atoms with Crippen LogP contribution in [-0.2, 0) is 13.1 Å². The molecule has 1 aliphatic rings. The molecular formula is C23H27N5O3. The predicted molar refractivity (Wildman–Crippen MR) is 120 cm³/mol. The number of para-hydroxylation sites is 1. The Hall–Kier alpha value is -3.26. The zero-order chi connectivity index (χ0) is 21.8. The van der Waals surface area contributed by atoms with E-state index < -0.39 is 10.8 Å². The normalized spacial score (nSPS) is 14.6. The van der Waals surface area contributed by atoms with Crippen LogP contribution >= 0.6 is 0 Å². The van der Waals surface area contributed by atoms with Crippen molar-refractivity contribution in [2.24, 2.45) is 0 Å². The molecule has 1 aromatic heterocycles. The lowest BCUT2D eigenvalue weighted by molar-refractivity contribution is -0.385. The maximum atomic E-state index is 12.7. The molecule has 0 radical (unpaired) electrons. The van der Waals surface area contributed by atoms with Gasteiger partial charge < -0.3 is 9.88 Å². The van der Waals surface area contributed by atoms with Crippen molar-refractivity contribution < 1.29 is 9.72 Å². The van der Waals surface area contributed by atoms with Crippen LogP contribution in [0.2, 0.25) is 0 Å². The summed E-state index contributed by atoms with van der Waals surface area (Å²) in [6.45, 7) is 6.07. The molecular weight excluding hydrogens is 394 g/mol. The van der Waals surface area contributed by atoms with E-state index in [1.165, 1.54) is 31.4 Å². The summed E-state index contributed by atoms with van der Waals surface area (Å²) in [4.78, 5) is 30.7. The van der Waals surface area contributed by atoms with Gasteiger partial charge in [0.15, 0.2) is 0 Å². The molecule has 31 heavy (non-hydrogen) atoms. The third-order valence-electron chi connectivity index (χ3n) is 5.69. The Morgan fingerprint density at radius 2 is 1.94 bits per heavy atom. The first-order chi connectivity index (χ1) is 15.1. The predicted octanol–water partition coefficient (Wildman–Crippen LogP) is 4.59. The van der Waals surface area contributed by atoms with E-state index in [-0.39, 0.29) is 11.3 Å². The number of nitrogens with zero attached hydrogens (tertiary/aromatic N) is 4. The van der Waals surface area contributed by atoms with E-state index in [0.717, 1.165) is 49.5 Å². The van der Waals surface area contributed by atoms with E-state index in [1.54, 1.807) is 12.1 Å². The van der Waals surface area contributed by atoms with E-state index in [0.29, 0.717) is 5.69 Å². The maximum absolute atomic E-state index is 12.7. The summed E-state index contributed by atoms with van der Waals surface area (Å²) in [5.41, 5.74) is 2.26. The Kier molecular flexibility index (Phi) is 6.27. The van der Waals surface area contributed by atoms with Crippen molar-refractivity contribution in [1.29, 1.82) is 0 Å². The summed E-state index contributed by atoms with van der Waals surface area (Å²) < 4.78 is 2.26. The van der Waals surface area contributed by atoms with Gasteiger partial charge in [-0.2, -0.15) is 0 Å². The summed E-state index contributed by atoms with van der Waals surface area (Å²) in [5.74, 6) is 0.536. The molecule has 8 heteroatoms. The lowest BCUT2D eigenvalue weighted by Gasteiger charge is -2.26. The van der Waals surface area contributed by atoms with Gasteiger partial charge in [0.25, 0.3) is 11.6 Å². The number of carbonyl (C=O) groups excluding carboxylic acids is 1. The van der Waals surface area contributed by atoms with Crippen LogP contribution in [-0.4, -0.2) is 38.4 Å². The van der Waals surface area contributed by atoms with E-state index >= 15 is 0 Å². The van der Waals surface area contributed by atoms with Crippen molar-refractivity contribution in [3.63, 3.8) is 0 Å². The highest BCUT2D eigenvalue weighted by molar-refractivity contribution is 6.07. The summed E-state index contributed by atoms with van der Waals surface area (Å²) in [5, 5.41) is 14.0. The molecule has 0 spiro atoms. The average molecular weight is 422 g/mol. The van der Waals surface area contributed by atoms with Gasteiger partial charge in [0, 0.05) is 18.3 Å². The number of amides is 1. The van der Waals surface area contributed by atoms with E-state index in [4.69, 9.17) is 4.98 Å². The van der Waals surface area contributed by atoms with Crippen LogP contribution in [0.5, 0.6) is 0 Å². The maximum Gasteiger partial charge on any atom is 0.282 e. The van der Waals surface area contributed by atoms with Gasteiger partial charge in [-0.15, -0.1) is 0 Å². The first kappa shape index (κ1) is 21.0. The van der Waals surface area contributed by atoms with Gasteiger partial charge in [-0.1, -0.05) is 25.5 Å². The molecule has 3 aromatic rings. The largest absolute Gasteiger partial charge is 0.327 e. The number of nitrogens with one attached hydrogen (secondary N) is 1. The molecule has 0 aliphatic carbocycles. The number of benzene rings is 2. The number of rotatable bonds is 7. The van der Waals surface area contributed by atoms with Crippen molar-refractivity contribution in [1.82, 2.24) is 14.5 Å². The molecule has 1 amide bonds. The van der Waals surface area contributed by atoms with Crippen LogP contribution in [0.4, 0.5) is 11.4 Å². The van der Waals surface area contributed by atoms with Gasteiger partial charge in [-0.3, -0.25) is 19.8 Å². The Labute approximate surface area is 181 Å². The molecule has 1 aliphatic heterocycles. The second-order valence-electron chi connectivity index (χ2n) is 7.95. The van der Waals surface area contributed by atoms with Crippen LogP contribution < -0.4 is 5.32 Å². The fourth-order valence-electron chi connectivity index (χ4n) is 4.19. The Balaban J connectivity index is 1.60. The summed E-state index contributed by atoms with van der Waals surface area (Å²) in [6.07, 6.45) is 4.77. The highest BCUT2D eigenvalue weighted by Crippen LogP contribution is 2.24. The molecule has 1 N–H and O–H groups in total. The van der Waals surface area contributed by atoms with Crippen molar-refractivity contribution in [3.8, 4) is 0 Å². The number of aryl methyl sites for hydroxylation is 1. The first-order valence-electron chi connectivity index (χ1n) is 10.8. The number of piperidine rings is 1. The van der Waals surface area contributed by atoms with Crippen LogP contribution in [0.15, 0.2) is 42.5 Å². The number of imidazole rings is 1. The summed E-state index contributed by atoms with van der Waals surface area (Å²) >= 11 is 0. The Morgan fingerprint density at radius 3 is 2.68 bits per heavy atom. The Bertz CT molecular complexity index is 1100. The summed E-state index contributed by atoms with van der Waals surface area (Å²) in [6, 6.07) is 11.6. The van der Waals surface area contributed by atoms with Crippen LogP contribution in [0.3, 0.4) is 0 Å². The number of hydrogen-bond donors (Lipinski definition) is 1. The minimum absolute atomic E-state index is 0.0369. The van der Waals surface area contributed by atoms with Crippen LogP contribution in [0.1, 0.15) is 48.8 Å². The first-order valence-corrected chi connectivity index (χ1v) is 10.8. The molecule has 4 rings (SSSR count). The highest BCUT2D eigenvalue weighted by Gasteiger charge is 2.20. The third kappa shape index (κ3) is 4.59. The number of nitro benzene ring substituents is 1. The molecule has 162 valence electrons. The molecule has 1 fully saturated rings. The molecule has 1 saturated heterocycles. The smallest absolute Gasteiger partial charge is 0.282 e. The number of carbonyl (C=O) groups is 1. The summed E-state index contributed by atoms with van der Waals surface area (Å²) in [7, 11) is 0. The van der Waals surface area contributed by atoms with Gasteiger partial charge in [0.2, 0.25) is 0 Å². The molecule has 0 atom stereocenters. The van der Waals surface area contributed by atoms with Crippen LogP contribution in [0.25, 0.3) is 11.0 Å². The minimum Gasteiger partial charge on any atom is -0.327 e. The number of hydrogen-bond acceptors (Lipinski definition) is 5. The topological polar surface area (TPSA) is 93.3 Å². The van der Waals surface area contributed by atoms with E-state index in [9.17, 15) is 14.9 Å². The molecule has 2 heterocycles. The quantitative estimate of drug-likeness (QED) is 0.445. The van der Waals surface area contributed by atoms with Crippen molar-refractivity contribution >= 4 is 28.3 Å². The fourth-order valence-corrected chi connectivity index (χ4v) is 4.19. The van der Waals surface area contributed by atoms with E-state index in [1.807, 2.05) is 18.2 Å². The van der Waals surface area contributed by atoms with Crippen molar-refractivity contribution in [2.75, 3.05) is 18.4 Å². The fraction of sp³-hybridized carbons (Fsp3) is 0.391. The number of fused-ring (bicyclic) bond motifs is 1. The molecule has 0 bridgehead atoms. The highest BCUT2D eigenvalue weighted by atomic mass is 16.6. The van der Waals surface area contributed by atoms with Gasteiger partial charge >= 0.3 is 0 Å². The SMILES string of the molecule is CCCn1c(CN2CCCCC2)nc2cc(NC(=O)c3ccccc3[N+](=O)[O-])ccc21. The van der Waals surface area contributed by atoms with E-state index in [2.05, 4.69) is 21.7 Å². The van der Waals surface area contributed by atoms with Crippen LogP contribution in [0, 0.1) is 10.1 Å². The van der Waals surface area contributed by atoms with Gasteiger partial charge in [-0.25, -0.2) is 4.98 Å². The lowest BCUT2D eigenvalue weighted by atomic mass is 10.1.